The SMILES string of the molecule is CCOC(=O)Cc1cncc(N)c1Cl. The fraction of sp³-hybridized carbons (Fsp3) is 0.333. The Morgan fingerprint density at radius 2 is 2.36 bits per heavy atom. The van der Waals surface area contributed by atoms with Crippen LogP contribution in [0, 0.1) is 0 Å². The molecule has 1 heterocycles. The van der Waals surface area contributed by atoms with Crippen LogP contribution in [0.25, 0.3) is 0 Å². The summed E-state index contributed by atoms with van der Waals surface area (Å²) < 4.78 is 4.77. The second-order valence-corrected chi connectivity index (χ2v) is 3.06. The number of pyridine rings is 1. The van der Waals surface area contributed by atoms with E-state index in [1.54, 1.807) is 6.92 Å². The van der Waals surface area contributed by atoms with Gasteiger partial charge < -0.3 is 10.5 Å². The fourth-order valence-corrected chi connectivity index (χ4v) is 1.16. The van der Waals surface area contributed by atoms with Crippen LogP contribution < -0.4 is 5.73 Å². The van der Waals surface area contributed by atoms with Crippen molar-refractivity contribution in [2.75, 3.05) is 12.3 Å². The smallest absolute Gasteiger partial charge is 0.310 e. The second-order valence-electron chi connectivity index (χ2n) is 2.68. The number of nitrogen functional groups attached to an aromatic ring is 1. The first-order chi connectivity index (χ1) is 6.65. The molecule has 2 N–H and O–H groups in total. The number of esters is 1. The Morgan fingerprint density at radius 1 is 1.64 bits per heavy atom. The summed E-state index contributed by atoms with van der Waals surface area (Å²) in [6.07, 6.45) is 3.05. The van der Waals surface area contributed by atoms with Crippen LogP contribution in [0.5, 0.6) is 0 Å². The van der Waals surface area contributed by atoms with E-state index in [2.05, 4.69) is 4.98 Å². The van der Waals surface area contributed by atoms with Crippen molar-refractivity contribution in [3.05, 3.63) is 23.0 Å². The zero-order chi connectivity index (χ0) is 10.6. The second kappa shape index (κ2) is 4.81. The highest BCUT2D eigenvalue weighted by atomic mass is 35.5. The lowest BCUT2D eigenvalue weighted by Crippen LogP contribution is -2.08. The number of carbonyl (C=O) groups is 1. The van der Waals surface area contributed by atoms with E-state index in [1.165, 1.54) is 12.4 Å². The third-order valence-electron chi connectivity index (χ3n) is 1.62. The molecule has 1 rings (SSSR count). The van der Waals surface area contributed by atoms with Gasteiger partial charge in [0.15, 0.2) is 0 Å². The number of carbonyl (C=O) groups excluding carboxylic acids is 1. The number of anilines is 1. The molecular formula is C9H11ClN2O2. The maximum absolute atomic E-state index is 11.1. The molecule has 0 aliphatic carbocycles. The molecule has 1 aromatic rings. The van der Waals surface area contributed by atoms with Gasteiger partial charge in [0.2, 0.25) is 0 Å². The summed E-state index contributed by atoms with van der Waals surface area (Å²) in [6.45, 7) is 2.10. The Kier molecular flexibility index (Phi) is 3.71. The molecule has 14 heavy (non-hydrogen) atoms. The standard InChI is InChI=1S/C9H11ClN2O2/c1-2-14-8(13)3-6-4-12-5-7(11)9(6)10/h4-5H,2-3,11H2,1H3. The zero-order valence-electron chi connectivity index (χ0n) is 7.79. The summed E-state index contributed by atoms with van der Waals surface area (Å²) in [4.78, 5) is 15.0. The highest BCUT2D eigenvalue weighted by Gasteiger charge is 2.09. The van der Waals surface area contributed by atoms with Crippen LogP contribution in [-0.4, -0.2) is 17.6 Å². The Bertz CT molecular complexity index is 342. The number of halogens is 1. The number of hydrogen-bond acceptors (Lipinski definition) is 4. The van der Waals surface area contributed by atoms with Gasteiger partial charge in [-0.25, -0.2) is 0 Å². The summed E-state index contributed by atoms with van der Waals surface area (Å²) in [6, 6.07) is 0. The number of hydrogen-bond donors (Lipinski definition) is 1. The molecule has 4 nitrogen and oxygen atoms in total. The third-order valence-corrected chi connectivity index (χ3v) is 2.08. The highest BCUT2D eigenvalue weighted by Crippen LogP contribution is 2.22. The first-order valence-electron chi connectivity index (χ1n) is 4.18. The molecular weight excluding hydrogens is 204 g/mol. The third kappa shape index (κ3) is 2.60. The number of nitrogens with zero attached hydrogens (tertiary/aromatic N) is 1. The molecule has 0 saturated heterocycles. The van der Waals surface area contributed by atoms with E-state index in [0.29, 0.717) is 22.9 Å². The number of aromatic nitrogens is 1. The normalized spacial score (nSPS) is 9.86. The van der Waals surface area contributed by atoms with Gasteiger partial charge in [0, 0.05) is 11.8 Å². The molecule has 76 valence electrons. The van der Waals surface area contributed by atoms with Crippen LogP contribution in [0.3, 0.4) is 0 Å². The topological polar surface area (TPSA) is 65.2 Å². The number of nitrogens with two attached hydrogens (primary N) is 1. The van der Waals surface area contributed by atoms with E-state index in [1.807, 2.05) is 0 Å². The van der Waals surface area contributed by atoms with E-state index in [4.69, 9.17) is 22.1 Å². The van der Waals surface area contributed by atoms with Crippen molar-refractivity contribution < 1.29 is 9.53 Å². The van der Waals surface area contributed by atoms with Gasteiger partial charge in [-0.1, -0.05) is 11.6 Å². The summed E-state index contributed by atoms with van der Waals surface area (Å²) in [5.74, 6) is -0.332. The van der Waals surface area contributed by atoms with Gasteiger partial charge in [0.05, 0.1) is 29.9 Å². The first kappa shape index (κ1) is 10.8. The fourth-order valence-electron chi connectivity index (χ4n) is 0.997. The minimum atomic E-state index is -0.332. The Balaban J connectivity index is 2.76. The maximum Gasteiger partial charge on any atom is 0.310 e. The van der Waals surface area contributed by atoms with Gasteiger partial charge in [-0.2, -0.15) is 0 Å². The average molecular weight is 215 g/mol. The van der Waals surface area contributed by atoms with Crippen molar-refractivity contribution in [2.45, 2.75) is 13.3 Å². The molecule has 0 aliphatic heterocycles. The van der Waals surface area contributed by atoms with Crippen LogP contribution in [0.4, 0.5) is 5.69 Å². The number of ether oxygens (including phenoxy) is 1. The van der Waals surface area contributed by atoms with E-state index in [9.17, 15) is 4.79 Å². The monoisotopic (exact) mass is 214 g/mol. The predicted octanol–water partition coefficient (Wildman–Crippen LogP) is 1.42. The molecule has 0 fully saturated rings. The zero-order valence-corrected chi connectivity index (χ0v) is 8.54. The average Bonchev–Trinajstić information content (AvgIpc) is 2.13. The first-order valence-corrected chi connectivity index (χ1v) is 4.56. The van der Waals surface area contributed by atoms with Crippen LogP contribution in [0.2, 0.25) is 5.02 Å². The van der Waals surface area contributed by atoms with Gasteiger partial charge in [0.25, 0.3) is 0 Å². The predicted molar refractivity (Wildman–Crippen MR) is 54.0 cm³/mol. The van der Waals surface area contributed by atoms with Crippen molar-refractivity contribution >= 4 is 23.3 Å². The molecule has 1 aromatic heterocycles. The highest BCUT2D eigenvalue weighted by molar-refractivity contribution is 6.33. The lowest BCUT2D eigenvalue weighted by atomic mass is 10.2. The van der Waals surface area contributed by atoms with Crippen LogP contribution in [-0.2, 0) is 16.0 Å². The maximum atomic E-state index is 11.1. The van der Waals surface area contributed by atoms with Crippen LogP contribution in [0.1, 0.15) is 12.5 Å². The van der Waals surface area contributed by atoms with Gasteiger partial charge in [0.1, 0.15) is 0 Å². The van der Waals surface area contributed by atoms with Crippen molar-refractivity contribution in [1.29, 1.82) is 0 Å². The van der Waals surface area contributed by atoms with Gasteiger partial charge in [-0.05, 0) is 6.92 Å². The van der Waals surface area contributed by atoms with E-state index >= 15 is 0 Å². The van der Waals surface area contributed by atoms with E-state index in [-0.39, 0.29) is 12.4 Å². The molecule has 0 radical (unpaired) electrons. The molecule has 0 aromatic carbocycles. The summed E-state index contributed by atoms with van der Waals surface area (Å²) in [5, 5.41) is 0.369. The van der Waals surface area contributed by atoms with Crippen molar-refractivity contribution in [3.63, 3.8) is 0 Å². The van der Waals surface area contributed by atoms with Crippen LogP contribution >= 0.6 is 11.6 Å². The van der Waals surface area contributed by atoms with Crippen molar-refractivity contribution in [1.82, 2.24) is 4.98 Å². The van der Waals surface area contributed by atoms with Gasteiger partial charge in [-0.15, -0.1) is 0 Å². The minimum Gasteiger partial charge on any atom is -0.466 e. The Hall–Kier alpha value is -1.29. The van der Waals surface area contributed by atoms with Crippen molar-refractivity contribution in [2.24, 2.45) is 0 Å². The minimum absolute atomic E-state index is 0.102. The number of rotatable bonds is 3. The Morgan fingerprint density at radius 3 is 3.00 bits per heavy atom. The lowest BCUT2D eigenvalue weighted by molar-refractivity contribution is -0.142. The molecule has 0 atom stereocenters. The molecule has 0 aliphatic rings. The summed E-state index contributed by atoms with van der Waals surface area (Å²) >= 11 is 5.86. The summed E-state index contributed by atoms with van der Waals surface area (Å²) in [5.41, 5.74) is 6.48. The molecule has 0 bridgehead atoms. The van der Waals surface area contributed by atoms with E-state index in [0.717, 1.165) is 0 Å². The Labute approximate surface area is 87.0 Å². The lowest BCUT2D eigenvalue weighted by Gasteiger charge is -2.05. The molecule has 0 saturated carbocycles. The summed E-state index contributed by atoms with van der Waals surface area (Å²) in [7, 11) is 0. The van der Waals surface area contributed by atoms with Crippen LogP contribution in [0.15, 0.2) is 12.4 Å². The van der Waals surface area contributed by atoms with Gasteiger partial charge in [-0.3, -0.25) is 9.78 Å². The molecule has 0 spiro atoms. The molecule has 0 amide bonds. The van der Waals surface area contributed by atoms with E-state index < -0.39 is 0 Å². The quantitative estimate of drug-likeness (QED) is 0.773. The van der Waals surface area contributed by atoms with Crippen molar-refractivity contribution in [3.8, 4) is 0 Å². The largest absolute Gasteiger partial charge is 0.466 e. The van der Waals surface area contributed by atoms with Gasteiger partial charge >= 0.3 is 5.97 Å². The molecule has 5 heteroatoms. The molecule has 0 unspecified atom stereocenters.